The minimum absolute atomic E-state index is 0.0219. The molecule has 0 aliphatic carbocycles. The van der Waals surface area contributed by atoms with E-state index in [4.69, 9.17) is 16.3 Å². The van der Waals surface area contributed by atoms with Crippen molar-refractivity contribution in [3.05, 3.63) is 34.9 Å². The van der Waals surface area contributed by atoms with Crippen molar-refractivity contribution in [3.8, 4) is 0 Å². The fourth-order valence-corrected chi connectivity index (χ4v) is 2.62. The predicted molar refractivity (Wildman–Crippen MR) is 83.8 cm³/mol. The van der Waals surface area contributed by atoms with E-state index in [1.807, 2.05) is 0 Å². The topological polar surface area (TPSA) is 70.0 Å². The second kappa shape index (κ2) is 6.07. The molecule has 0 saturated carbocycles. The number of halogens is 1. The summed E-state index contributed by atoms with van der Waals surface area (Å²) in [5.74, 6) is 0. The van der Waals surface area contributed by atoms with Crippen molar-refractivity contribution in [3.63, 3.8) is 0 Å². The van der Waals surface area contributed by atoms with Crippen molar-refractivity contribution in [2.45, 2.75) is 44.5 Å². The van der Waals surface area contributed by atoms with E-state index < -0.39 is 23.4 Å². The molecule has 5 nitrogen and oxygen atoms in total. The molecule has 0 spiro atoms. The normalized spacial score (nSPS) is 25.9. The summed E-state index contributed by atoms with van der Waals surface area (Å²) >= 11 is 5.85. The summed E-state index contributed by atoms with van der Waals surface area (Å²) in [4.78, 5) is 13.5. The maximum Gasteiger partial charge on any atom is 0.410 e. The Bertz CT molecular complexity index is 540. The minimum Gasteiger partial charge on any atom is -0.444 e. The SMILES string of the molecule is CC(C)(C)OC(=O)N1CC[C@](O)(c2ccc(Cl)cc2)[C@@H](O)C1. The first-order valence-electron chi connectivity index (χ1n) is 7.26. The van der Waals surface area contributed by atoms with Crippen LogP contribution in [0.15, 0.2) is 24.3 Å². The molecule has 1 aliphatic rings. The number of piperidine rings is 1. The standard InChI is InChI=1S/C16H22ClNO4/c1-15(2,3)22-14(20)18-9-8-16(21,13(19)10-18)11-4-6-12(17)7-5-11/h4-7,13,19,21H,8-10H2,1-3H3/t13-,16-/m0/s1. The number of ether oxygens (including phenoxy) is 1. The van der Waals surface area contributed by atoms with Crippen LogP contribution in [0.1, 0.15) is 32.8 Å². The van der Waals surface area contributed by atoms with E-state index in [0.29, 0.717) is 17.1 Å². The van der Waals surface area contributed by atoms with Gasteiger partial charge in [0.25, 0.3) is 0 Å². The lowest BCUT2D eigenvalue weighted by atomic mass is 9.82. The highest BCUT2D eigenvalue weighted by molar-refractivity contribution is 6.30. The lowest BCUT2D eigenvalue weighted by Gasteiger charge is -2.42. The molecule has 6 heteroatoms. The number of hydrogen-bond donors (Lipinski definition) is 2. The molecule has 2 atom stereocenters. The van der Waals surface area contributed by atoms with Gasteiger partial charge in [-0.1, -0.05) is 23.7 Å². The Morgan fingerprint density at radius 2 is 1.95 bits per heavy atom. The number of hydrogen-bond acceptors (Lipinski definition) is 4. The van der Waals surface area contributed by atoms with Crippen molar-refractivity contribution < 1.29 is 19.7 Å². The van der Waals surface area contributed by atoms with Gasteiger partial charge in [-0.3, -0.25) is 0 Å². The highest BCUT2D eigenvalue weighted by atomic mass is 35.5. The van der Waals surface area contributed by atoms with Crippen LogP contribution in [0, 0.1) is 0 Å². The van der Waals surface area contributed by atoms with Crippen molar-refractivity contribution in [2.24, 2.45) is 0 Å². The zero-order valence-electron chi connectivity index (χ0n) is 13.0. The molecule has 122 valence electrons. The Morgan fingerprint density at radius 1 is 1.36 bits per heavy atom. The van der Waals surface area contributed by atoms with Crippen LogP contribution in [0.5, 0.6) is 0 Å². The number of benzene rings is 1. The van der Waals surface area contributed by atoms with Crippen LogP contribution in [0.3, 0.4) is 0 Å². The average Bonchev–Trinajstić information content (AvgIpc) is 2.40. The molecule has 22 heavy (non-hydrogen) atoms. The summed E-state index contributed by atoms with van der Waals surface area (Å²) in [7, 11) is 0. The highest BCUT2D eigenvalue weighted by Gasteiger charge is 2.43. The van der Waals surface area contributed by atoms with Crippen LogP contribution in [-0.2, 0) is 10.3 Å². The molecule has 0 bridgehead atoms. The Labute approximate surface area is 135 Å². The number of aliphatic hydroxyl groups excluding tert-OH is 1. The molecule has 1 saturated heterocycles. The number of carbonyl (C=O) groups is 1. The number of amides is 1. The second-order valence-electron chi connectivity index (χ2n) is 6.62. The van der Waals surface area contributed by atoms with Crippen LogP contribution < -0.4 is 0 Å². The first-order chi connectivity index (χ1) is 10.1. The summed E-state index contributed by atoms with van der Waals surface area (Å²) in [5.41, 5.74) is -1.39. The zero-order chi connectivity index (χ0) is 16.5. The summed E-state index contributed by atoms with van der Waals surface area (Å²) < 4.78 is 5.29. The third-order valence-corrected chi connectivity index (χ3v) is 3.96. The Hall–Kier alpha value is -1.30. The van der Waals surface area contributed by atoms with E-state index in [1.54, 1.807) is 45.0 Å². The third kappa shape index (κ3) is 3.72. The fraction of sp³-hybridized carbons (Fsp3) is 0.562. The molecule has 2 rings (SSSR count). The molecule has 2 N–H and O–H groups in total. The predicted octanol–water partition coefficient (Wildman–Crippen LogP) is 2.53. The fourth-order valence-electron chi connectivity index (χ4n) is 2.49. The van der Waals surface area contributed by atoms with Crippen molar-refractivity contribution in [1.82, 2.24) is 4.90 Å². The van der Waals surface area contributed by atoms with E-state index in [-0.39, 0.29) is 13.0 Å². The first-order valence-corrected chi connectivity index (χ1v) is 7.64. The first kappa shape index (κ1) is 17.1. The summed E-state index contributed by atoms with van der Waals surface area (Å²) in [6, 6.07) is 6.72. The number of likely N-dealkylation sites (tertiary alicyclic amines) is 1. The number of β-amino-alcohol motifs (C(OH)–C–C–N with tert-alkyl or cyclic N) is 1. The summed E-state index contributed by atoms with van der Waals surface area (Å²) in [6.45, 7) is 5.69. The molecule has 1 aromatic carbocycles. The van der Waals surface area contributed by atoms with Crippen molar-refractivity contribution in [1.29, 1.82) is 0 Å². The van der Waals surface area contributed by atoms with Crippen molar-refractivity contribution >= 4 is 17.7 Å². The van der Waals surface area contributed by atoms with Gasteiger partial charge in [-0.05, 0) is 38.5 Å². The molecule has 0 unspecified atom stereocenters. The lowest BCUT2D eigenvalue weighted by molar-refractivity contribution is -0.123. The van der Waals surface area contributed by atoms with E-state index in [2.05, 4.69) is 0 Å². The van der Waals surface area contributed by atoms with Crippen LogP contribution in [-0.4, -0.2) is 46.0 Å². The van der Waals surface area contributed by atoms with Gasteiger partial charge < -0.3 is 19.8 Å². The van der Waals surface area contributed by atoms with Gasteiger partial charge in [0, 0.05) is 18.0 Å². The van der Waals surface area contributed by atoms with E-state index in [9.17, 15) is 15.0 Å². The average molecular weight is 328 g/mol. The van der Waals surface area contributed by atoms with Gasteiger partial charge in [0.1, 0.15) is 17.3 Å². The number of aliphatic hydroxyl groups is 2. The monoisotopic (exact) mass is 327 g/mol. The summed E-state index contributed by atoms with van der Waals surface area (Å²) in [5, 5.41) is 21.7. The van der Waals surface area contributed by atoms with Gasteiger partial charge in [0.15, 0.2) is 0 Å². The molecular weight excluding hydrogens is 306 g/mol. The number of rotatable bonds is 1. The third-order valence-electron chi connectivity index (χ3n) is 3.70. The maximum absolute atomic E-state index is 12.0. The minimum atomic E-state index is -1.39. The van der Waals surface area contributed by atoms with E-state index in [0.717, 1.165) is 0 Å². The molecule has 0 aromatic heterocycles. The molecule has 1 amide bonds. The Kier molecular flexibility index (Phi) is 4.70. The molecular formula is C16H22ClNO4. The second-order valence-corrected chi connectivity index (χ2v) is 7.06. The molecule has 1 aromatic rings. The van der Waals surface area contributed by atoms with Gasteiger partial charge in [0.05, 0.1) is 6.54 Å². The molecule has 1 aliphatic heterocycles. The number of nitrogens with zero attached hydrogens (tertiary/aromatic N) is 1. The van der Waals surface area contributed by atoms with Gasteiger partial charge >= 0.3 is 6.09 Å². The van der Waals surface area contributed by atoms with Gasteiger partial charge in [0.2, 0.25) is 0 Å². The molecule has 1 heterocycles. The van der Waals surface area contributed by atoms with Crippen LogP contribution in [0.2, 0.25) is 5.02 Å². The van der Waals surface area contributed by atoms with Gasteiger partial charge in [-0.25, -0.2) is 4.79 Å². The van der Waals surface area contributed by atoms with Crippen LogP contribution in [0.25, 0.3) is 0 Å². The van der Waals surface area contributed by atoms with Gasteiger partial charge in [-0.15, -0.1) is 0 Å². The highest BCUT2D eigenvalue weighted by Crippen LogP contribution is 2.34. The van der Waals surface area contributed by atoms with E-state index >= 15 is 0 Å². The van der Waals surface area contributed by atoms with Crippen LogP contribution >= 0.6 is 11.6 Å². The van der Waals surface area contributed by atoms with Crippen molar-refractivity contribution in [2.75, 3.05) is 13.1 Å². The maximum atomic E-state index is 12.0. The Morgan fingerprint density at radius 3 is 2.45 bits per heavy atom. The van der Waals surface area contributed by atoms with E-state index in [1.165, 1.54) is 4.90 Å². The quantitative estimate of drug-likeness (QED) is 0.831. The molecule has 0 radical (unpaired) electrons. The van der Waals surface area contributed by atoms with Gasteiger partial charge in [-0.2, -0.15) is 0 Å². The number of carbonyl (C=O) groups excluding carboxylic acids is 1. The van der Waals surface area contributed by atoms with Crippen LogP contribution in [0.4, 0.5) is 4.79 Å². The Balaban J connectivity index is 2.09. The zero-order valence-corrected chi connectivity index (χ0v) is 13.8. The molecule has 1 fully saturated rings. The largest absolute Gasteiger partial charge is 0.444 e. The summed E-state index contributed by atoms with van der Waals surface area (Å²) in [6.07, 6.45) is -1.34. The lowest BCUT2D eigenvalue weighted by Crippen LogP contribution is -2.55. The smallest absolute Gasteiger partial charge is 0.410 e.